The predicted octanol–water partition coefficient (Wildman–Crippen LogP) is 4.24. The monoisotopic (exact) mass is 545 g/mol. The minimum absolute atomic E-state index is 0.0994. The molecule has 0 spiro atoms. The topological polar surface area (TPSA) is 81.7 Å². The molecular formula is C28H24ClN5O3S. The van der Waals surface area contributed by atoms with E-state index >= 15 is 0 Å². The van der Waals surface area contributed by atoms with Crippen LogP contribution in [0.4, 0.5) is 5.69 Å². The van der Waals surface area contributed by atoms with Crippen molar-refractivity contribution in [2.45, 2.75) is 17.5 Å². The molecule has 0 aliphatic carbocycles. The van der Waals surface area contributed by atoms with Crippen molar-refractivity contribution in [2.24, 2.45) is 0 Å². The highest BCUT2D eigenvalue weighted by atomic mass is 35.5. The number of rotatable bonds is 6. The zero-order valence-electron chi connectivity index (χ0n) is 20.4. The molecule has 5 aromatic rings. The van der Waals surface area contributed by atoms with Gasteiger partial charge < -0.3 is 9.64 Å². The van der Waals surface area contributed by atoms with Crippen molar-refractivity contribution in [3.63, 3.8) is 0 Å². The van der Waals surface area contributed by atoms with Gasteiger partial charge in [-0.3, -0.25) is 18.6 Å². The maximum Gasteiger partial charge on any atom is 0.262 e. The number of benzene rings is 2. The number of hydrogen-bond acceptors (Lipinski definition) is 7. The van der Waals surface area contributed by atoms with E-state index in [2.05, 4.69) is 9.88 Å². The summed E-state index contributed by atoms with van der Waals surface area (Å²) in [5.74, 6) is 0.382. The van der Waals surface area contributed by atoms with Crippen LogP contribution < -0.4 is 16.0 Å². The van der Waals surface area contributed by atoms with E-state index in [-0.39, 0.29) is 11.1 Å². The van der Waals surface area contributed by atoms with Crippen LogP contribution in [0.15, 0.2) is 87.7 Å². The minimum atomic E-state index is -0.211. The largest absolute Gasteiger partial charge is 0.378 e. The van der Waals surface area contributed by atoms with Crippen LogP contribution in [0.5, 0.6) is 0 Å². The van der Waals surface area contributed by atoms with E-state index in [1.54, 1.807) is 22.9 Å². The Morgan fingerprint density at radius 3 is 2.58 bits per heavy atom. The fourth-order valence-corrected chi connectivity index (χ4v) is 5.61. The van der Waals surface area contributed by atoms with Crippen LogP contribution >= 0.6 is 23.4 Å². The first-order valence-electron chi connectivity index (χ1n) is 12.3. The van der Waals surface area contributed by atoms with Gasteiger partial charge in [-0.1, -0.05) is 53.7 Å². The maximum atomic E-state index is 13.8. The van der Waals surface area contributed by atoms with Gasteiger partial charge in [0.1, 0.15) is 5.65 Å². The molecule has 0 N–H and O–H groups in total. The Hall–Kier alpha value is -3.66. The van der Waals surface area contributed by atoms with E-state index in [4.69, 9.17) is 21.3 Å². The summed E-state index contributed by atoms with van der Waals surface area (Å²) in [5.41, 5.74) is 3.44. The summed E-state index contributed by atoms with van der Waals surface area (Å²) in [6, 6.07) is 20.6. The summed E-state index contributed by atoms with van der Waals surface area (Å²) >= 11 is 7.42. The number of fused-ring (bicyclic) bond motifs is 2. The zero-order chi connectivity index (χ0) is 26.1. The van der Waals surface area contributed by atoms with Crippen LogP contribution in [0.25, 0.3) is 16.6 Å². The molecular weight excluding hydrogens is 522 g/mol. The van der Waals surface area contributed by atoms with E-state index in [9.17, 15) is 9.59 Å². The van der Waals surface area contributed by atoms with Crippen molar-refractivity contribution in [3.05, 3.63) is 110 Å². The van der Waals surface area contributed by atoms with Gasteiger partial charge in [-0.25, -0.2) is 9.97 Å². The van der Waals surface area contributed by atoms with Crippen LogP contribution in [0.2, 0.25) is 5.02 Å². The lowest BCUT2D eigenvalue weighted by Gasteiger charge is -2.29. The van der Waals surface area contributed by atoms with Crippen molar-refractivity contribution in [1.29, 1.82) is 0 Å². The molecule has 0 bridgehead atoms. The van der Waals surface area contributed by atoms with Crippen LogP contribution in [-0.4, -0.2) is 45.2 Å². The van der Waals surface area contributed by atoms with E-state index in [1.807, 2.05) is 48.5 Å². The Bertz CT molecular complexity index is 1750. The molecule has 38 heavy (non-hydrogen) atoms. The van der Waals surface area contributed by atoms with Gasteiger partial charge in [0.25, 0.3) is 11.1 Å². The lowest BCUT2D eigenvalue weighted by atomic mass is 10.2. The van der Waals surface area contributed by atoms with Gasteiger partial charge >= 0.3 is 0 Å². The van der Waals surface area contributed by atoms with Gasteiger partial charge in [0.15, 0.2) is 5.16 Å². The van der Waals surface area contributed by atoms with Gasteiger partial charge in [0, 0.05) is 36.8 Å². The number of aromatic nitrogens is 4. The van der Waals surface area contributed by atoms with Gasteiger partial charge in [0.2, 0.25) is 0 Å². The summed E-state index contributed by atoms with van der Waals surface area (Å²) in [6.45, 7) is 3.30. The number of pyridine rings is 1. The average molecular weight is 546 g/mol. The first-order valence-corrected chi connectivity index (χ1v) is 13.6. The Balaban J connectivity index is 1.39. The van der Waals surface area contributed by atoms with Crippen molar-refractivity contribution in [2.75, 3.05) is 31.2 Å². The number of hydrogen-bond donors (Lipinski definition) is 0. The van der Waals surface area contributed by atoms with Crippen LogP contribution in [-0.2, 0) is 17.0 Å². The third-order valence-electron chi connectivity index (χ3n) is 6.49. The fraction of sp³-hybridized carbons (Fsp3) is 0.214. The third-order valence-corrected chi connectivity index (χ3v) is 7.72. The number of anilines is 1. The number of ether oxygens (including phenoxy) is 1. The number of halogens is 1. The lowest BCUT2D eigenvalue weighted by Crippen LogP contribution is -2.36. The molecule has 1 saturated heterocycles. The molecule has 0 saturated carbocycles. The van der Waals surface area contributed by atoms with Crippen molar-refractivity contribution in [1.82, 2.24) is 18.9 Å². The second kappa shape index (κ2) is 10.6. The fourth-order valence-electron chi connectivity index (χ4n) is 4.56. The average Bonchev–Trinajstić information content (AvgIpc) is 2.95. The molecule has 0 unspecified atom stereocenters. The quantitative estimate of drug-likeness (QED) is 0.233. The molecule has 192 valence electrons. The summed E-state index contributed by atoms with van der Waals surface area (Å²) in [5, 5.41) is 1.61. The Labute approximate surface area is 227 Å². The third kappa shape index (κ3) is 5.05. The smallest absolute Gasteiger partial charge is 0.262 e. The predicted molar refractivity (Wildman–Crippen MR) is 151 cm³/mol. The standard InChI is InChI=1S/C28H24ClN5O3S/c29-20-6-9-25-30-21(14-26(35)33(25)17-20)18-38-28-31-24-8-7-22(32-10-12-37-13-11-32)15-23(24)27(36)34(28)16-19-4-2-1-3-5-19/h1-9,14-15,17H,10-13,16,18H2. The molecule has 0 radical (unpaired) electrons. The number of morpholine rings is 1. The van der Waals surface area contributed by atoms with Crippen molar-refractivity contribution in [3.8, 4) is 0 Å². The second-order valence-electron chi connectivity index (χ2n) is 9.02. The first-order chi connectivity index (χ1) is 18.5. The van der Waals surface area contributed by atoms with Crippen molar-refractivity contribution < 1.29 is 4.74 Å². The van der Waals surface area contributed by atoms with E-state index in [1.165, 1.54) is 22.2 Å². The highest BCUT2D eigenvalue weighted by Crippen LogP contribution is 2.25. The summed E-state index contributed by atoms with van der Waals surface area (Å²) in [6.07, 6.45) is 1.55. The Kier molecular flexibility index (Phi) is 6.88. The number of thioether (sulfide) groups is 1. The summed E-state index contributed by atoms with van der Waals surface area (Å²) < 4.78 is 8.61. The van der Waals surface area contributed by atoms with Crippen LogP contribution in [0, 0.1) is 0 Å². The van der Waals surface area contributed by atoms with Crippen molar-refractivity contribution >= 4 is 45.6 Å². The highest BCUT2D eigenvalue weighted by molar-refractivity contribution is 7.98. The lowest BCUT2D eigenvalue weighted by molar-refractivity contribution is 0.122. The minimum Gasteiger partial charge on any atom is -0.378 e. The SMILES string of the molecule is O=c1c2cc(N3CCOCC3)ccc2nc(SCc2cc(=O)n3cc(Cl)ccc3n2)n1Cc1ccccc1. The highest BCUT2D eigenvalue weighted by Gasteiger charge is 2.17. The first kappa shape index (κ1) is 24.7. The maximum absolute atomic E-state index is 13.8. The Morgan fingerprint density at radius 2 is 1.76 bits per heavy atom. The normalized spacial score (nSPS) is 13.9. The zero-order valence-corrected chi connectivity index (χ0v) is 22.0. The molecule has 1 fully saturated rings. The second-order valence-corrected chi connectivity index (χ2v) is 10.4. The van der Waals surface area contributed by atoms with Gasteiger partial charge in [0.05, 0.1) is 41.4 Å². The molecule has 6 rings (SSSR count). The van der Waals surface area contributed by atoms with E-state index in [0.29, 0.717) is 57.9 Å². The van der Waals surface area contributed by atoms with Gasteiger partial charge in [-0.2, -0.15) is 0 Å². The summed E-state index contributed by atoms with van der Waals surface area (Å²) in [4.78, 5) is 38.2. The Morgan fingerprint density at radius 1 is 0.947 bits per heavy atom. The number of nitrogens with zero attached hydrogens (tertiary/aromatic N) is 5. The molecule has 4 heterocycles. The molecule has 3 aromatic heterocycles. The van der Waals surface area contributed by atoms with Gasteiger partial charge in [-0.15, -0.1) is 0 Å². The molecule has 0 atom stereocenters. The molecule has 8 nitrogen and oxygen atoms in total. The molecule has 1 aliphatic rings. The molecule has 0 amide bonds. The molecule has 1 aliphatic heterocycles. The van der Waals surface area contributed by atoms with Crippen LogP contribution in [0.1, 0.15) is 11.3 Å². The molecule has 2 aromatic carbocycles. The van der Waals surface area contributed by atoms with E-state index < -0.39 is 0 Å². The van der Waals surface area contributed by atoms with E-state index in [0.717, 1.165) is 24.3 Å². The van der Waals surface area contributed by atoms with Gasteiger partial charge in [-0.05, 0) is 35.9 Å². The summed E-state index contributed by atoms with van der Waals surface area (Å²) in [7, 11) is 0. The van der Waals surface area contributed by atoms with Crippen LogP contribution in [0.3, 0.4) is 0 Å². The molecule has 10 heteroatoms.